The largest absolute Gasteiger partial charge is 0.466 e. The van der Waals surface area contributed by atoms with Gasteiger partial charge in [-0.2, -0.15) is 0 Å². The van der Waals surface area contributed by atoms with Crippen LogP contribution in [0.3, 0.4) is 0 Å². The zero-order valence-electron chi connectivity index (χ0n) is 8.57. The summed E-state index contributed by atoms with van der Waals surface area (Å²) in [5.74, 6) is -0.206. The summed E-state index contributed by atoms with van der Waals surface area (Å²) in [7, 11) is 0. The summed E-state index contributed by atoms with van der Waals surface area (Å²) in [6.07, 6.45) is 3.95. The predicted molar refractivity (Wildman–Crippen MR) is 61.7 cm³/mol. The molecular formula is C12H13ClO2. The zero-order chi connectivity index (χ0) is 11.1. The van der Waals surface area contributed by atoms with E-state index < -0.39 is 0 Å². The van der Waals surface area contributed by atoms with Crippen molar-refractivity contribution in [3.8, 4) is 0 Å². The molecule has 0 atom stereocenters. The Kier molecular flexibility index (Phi) is 4.91. The number of carbonyl (C=O) groups excluding carboxylic acids is 1. The maximum Gasteiger partial charge on any atom is 0.309 e. The monoisotopic (exact) mass is 224 g/mol. The first-order valence-electron chi connectivity index (χ1n) is 4.80. The lowest BCUT2D eigenvalue weighted by molar-refractivity contribution is -0.142. The maximum absolute atomic E-state index is 11.0. The fraction of sp³-hybridized carbons (Fsp3) is 0.250. The third-order valence-corrected chi connectivity index (χ3v) is 2.02. The van der Waals surface area contributed by atoms with E-state index in [1.165, 1.54) is 0 Å². The van der Waals surface area contributed by atoms with Crippen molar-refractivity contribution in [2.75, 3.05) is 6.61 Å². The Morgan fingerprint density at radius 1 is 1.40 bits per heavy atom. The predicted octanol–water partition coefficient (Wildman–Crippen LogP) is 3.31. The fourth-order valence-corrected chi connectivity index (χ4v) is 1.21. The van der Waals surface area contributed by atoms with Gasteiger partial charge in [-0.3, -0.25) is 4.79 Å². The number of halogens is 1. The SMILES string of the molecule is CCOC(=O)CC=Cc1ccc(Cl)cc1. The number of esters is 1. The Morgan fingerprint density at radius 3 is 2.67 bits per heavy atom. The molecule has 0 radical (unpaired) electrons. The van der Waals surface area contributed by atoms with E-state index in [1.54, 1.807) is 13.0 Å². The Bertz CT molecular complexity index is 341. The van der Waals surface area contributed by atoms with Gasteiger partial charge in [-0.25, -0.2) is 0 Å². The lowest BCUT2D eigenvalue weighted by Crippen LogP contribution is -2.01. The molecule has 0 spiro atoms. The van der Waals surface area contributed by atoms with Crippen molar-refractivity contribution in [1.29, 1.82) is 0 Å². The van der Waals surface area contributed by atoms with Crippen molar-refractivity contribution in [2.24, 2.45) is 0 Å². The van der Waals surface area contributed by atoms with Gasteiger partial charge in [0.1, 0.15) is 0 Å². The van der Waals surface area contributed by atoms with Crippen LogP contribution in [0.2, 0.25) is 5.02 Å². The molecule has 1 aromatic rings. The van der Waals surface area contributed by atoms with Crippen LogP contribution in [0.25, 0.3) is 6.08 Å². The van der Waals surface area contributed by atoms with Crippen molar-refractivity contribution in [3.05, 3.63) is 40.9 Å². The third kappa shape index (κ3) is 4.66. The lowest BCUT2D eigenvalue weighted by atomic mass is 10.2. The van der Waals surface area contributed by atoms with Crippen molar-refractivity contribution >= 4 is 23.6 Å². The molecular weight excluding hydrogens is 212 g/mol. The second kappa shape index (κ2) is 6.25. The molecule has 80 valence electrons. The maximum atomic E-state index is 11.0. The summed E-state index contributed by atoms with van der Waals surface area (Å²) in [5.41, 5.74) is 1.02. The van der Waals surface area contributed by atoms with Crippen LogP contribution in [-0.4, -0.2) is 12.6 Å². The second-order valence-corrected chi connectivity index (χ2v) is 3.40. The highest BCUT2D eigenvalue weighted by Crippen LogP contribution is 2.10. The van der Waals surface area contributed by atoms with E-state index in [1.807, 2.05) is 30.3 Å². The standard InChI is InChI=1S/C12H13ClO2/c1-2-15-12(14)5-3-4-10-6-8-11(13)9-7-10/h3-4,6-9H,2,5H2,1H3. The smallest absolute Gasteiger partial charge is 0.309 e. The summed E-state index contributed by atoms with van der Waals surface area (Å²) < 4.78 is 4.79. The molecule has 0 amide bonds. The van der Waals surface area contributed by atoms with E-state index in [2.05, 4.69) is 0 Å². The minimum atomic E-state index is -0.206. The Labute approximate surface area is 94.5 Å². The van der Waals surface area contributed by atoms with Crippen LogP contribution >= 0.6 is 11.6 Å². The summed E-state index contributed by atoms with van der Waals surface area (Å²) in [5, 5.41) is 0.706. The van der Waals surface area contributed by atoms with E-state index in [0.717, 1.165) is 5.56 Å². The van der Waals surface area contributed by atoms with Gasteiger partial charge in [-0.05, 0) is 24.6 Å². The van der Waals surface area contributed by atoms with Crippen molar-refractivity contribution in [2.45, 2.75) is 13.3 Å². The van der Waals surface area contributed by atoms with Crippen LogP contribution in [0.4, 0.5) is 0 Å². The van der Waals surface area contributed by atoms with Crippen LogP contribution in [0, 0.1) is 0 Å². The summed E-state index contributed by atoms with van der Waals surface area (Å²) in [6.45, 7) is 2.22. The first-order valence-corrected chi connectivity index (χ1v) is 5.18. The highest BCUT2D eigenvalue weighted by atomic mass is 35.5. The molecule has 0 heterocycles. The van der Waals surface area contributed by atoms with Crippen molar-refractivity contribution < 1.29 is 9.53 Å². The second-order valence-electron chi connectivity index (χ2n) is 2.96. The van der Waals surface area contributed by atoms with Crippen LogP contribution < -0.4 is 0 Å². The topological polar surface area (TPSA) is 26.3 Å². The third-order valence-electron chi connectivity index (χ3n) is 1.77. The highest BCUT2D eigenvalue weighted by Gasteiger charge is 1.96. The highest BCUT2D eigenvalue weighted by molar-refractivity contribution is 6.30. The van der Waals surface area contributed by atoms with Gasteiger partial charge >= 0.3 is 5.97 Å². The minimum absolute atomic E-state index is 0.206. The lowest BCUT2D eigenvalue weighted by Gasteiger charge is -1.97. The Hall–Kier alpha value is -1.28. The van der Waals surface area contributed by atoms with Crippen molar-refractivity contribution in [1.82, 2.24) is 0 Å². The number of benzene rings is 1. The van der Waals surface area contributed by atoms with Crippen LogP contribution in [-0.2, 0) is 9.53 Å². The number of hydrogen-bond acceptors (Lipinski definition) is 2. The molecule has 0 N–H and O–H groups in total. The first-order chi connectivity index (χ1) is 7.22. The van der Waals surface area contributed by atoms with Gasteiger partial charge in [0.15, 0.2) is 0 Å². The number of rotatable bonds is 4. The summed E-state index contributed by atoms with van der Waals surface area (Å²) in [4.78, 5) is 11.0. The van der Waals surface area contributed by atoms with Gasteiger partial charge in [0.05, 0.1) is 13.0 Å². The molecule has 0 bridgehead atoms. The molecule has 15 heavy (non-hydrogen) atoms. The number of ether oxygens (including phenoxy) is 1. The summed E-state index contributed by atoms with van der Waals surface area (Å²) in [6, 6.07) is 7.41. The average Bonchev–Trinajstić information content (AvgIpc) is 2.21. The van der Waals surface area contributed by atoms with Gasteiger partial charge in [0.25, 0.3) is 0 Å². The van der Waals surface area contributed by atoms with Gasteiger partial charge in [-0.1, -0.05) is 35.9 Å². The molecule has 0 saturated carbocycles. The van der Waals surface area contributed by atoms with Crippen LogP contribution in [0.1, 0.15) is 18.9 Å². The quantitative estimate of drug-likeness (QED) is 0.734. The van der Waals surface area contributed by atoms with E-state index in [-0.39, 0.29) is 5.97 Å². The van der Waals surface area contributed by atoms with E-state index in [4.69, 9.17) is 16.3 Å². The normalized spacial score (nSPS) is 10.5. The first kappa shape index (κ1) is 11.8. The molecule has 0 fully saturated rings. The molecule has 0 aliphatic rings. The van der Waals surface area contributed by atoms with Crippen LogP contribution in [0.5, 0.6) is 0 Å². The molecule has 2 nitrogen and oxygen atoms in total. The van der Waals surface area contributed by atoms with Crippen molar-refractivity contribution in [3.63, 3.8) is 0 Å². The molecule has 0 saturated heterocycles. The average molecular weight is 225 g/mol. The Balaban J connectivity index is 2.44. The molecule has 0 aliphatic carbocycles. The molecule has 3 heteroatoms. The fourth-order valence-electron chi connectivity index (χ4n) is 1.09. The summed E-state index contributed by atoms with van der Waals surface area (Å²) >= 11 is 5.74. The molecule has 1 rings (SSSR count). The molecule has 1 aromatic carbocycles. The Morgan fingerprint density at radius 2 is 2.07 bits per heavy atom. The van der Waals surface area contributed by atoms with E-state index in [0.29, 0.717) is 18.1 Å². The van der Waals surface area contributed by atoms with Crippen LogP contribution in [0.15, 0.2) is 30.3 Å². The van der Waals surface area contributed by atoms with Gasteiger partial charge in [0.2, 0.25) is 0 Å². The van der Waals surface area contributed by atoms with E-state index >= 15 is 0 Å². The minimum Gasteiger partial charge on any atom is -0.466 e. The number of hydrogen-bond donors (Lipinski definition) is 0. The molecule has 0 aliphatic heterocycles. The molecule has 0 unspecified atom stereocenters. The van der Waals surface area contributed by atoms with Gasteiger partial charge in [0, 0.05) is 5.02 Å². The molecule has 0 aromatic heterocycles. The number of carbonyl (C=O) groups is 1. The van der Waals surface area contributed by atoms with E-state index in [9.17, 15) is 4.79 Å². The van der Waals surface area contributed by atoms with Gasteiger partial charge in [-0.15, -0.1) is 0 Å². The zero-order valence-corrected chi connectivity index (χ0v) is 9.33. The van der Waals surface area contributed by atoms with Gasteiger partial charge < -0.3 is 4.74 Å².